The summed E-state index contributed by atoms with van der Waals surface area (Å²) in [6, 6.07) is 3.21. The summed E-state index contributed by atoms with van der Waals surface area (Å²) < 4.78 is 30.4. The van der Waals surface area contributed by atoms with Crippen molar-refractivity contribution in [1.82, 2.24) is 10.2 Å². The molecular weight excluding hydrogens is 294 g/mol. The minimum absolute atomic E-state index is 0.172. The van der Waals surface area contributed by atoms with Gasteiger partial charge in [-0.05, 0) is 30.5 Å². The quantitative estimate of drug-likeness (QED) is 0.621. The largest absolute Gasteiger partial charge is 0.469 e. The zero-order valence-corrected chi connectivity index (χ0v) is 12.7. The molecule has 0 unspecified atom stereocenters. The standard InChI is InChI=1S/C15H20F2N2O3/c1-19(10-11-6-7-12(16)13(17)9-11)15(21)18-8-4-3-5-14(20)22-2/h6-7,9H,3-5,8,10H2,1-2H3,(H,18,21). The second-order valence-electron chi connectivity index (χ2n) is 4.87. The SMILES string of the molecule is COC(=O)CCCCNC(=O)N(C)Cc1ccc(F)c(F)c1. The Bertz CT molecular complexity index is 524. The van der Waals surface area contributed by atoms with E-state index in [0.717, 1.165) is 12.1 Å². The summed E-state index contributed by atoms with van der Waals surface area (Å²) in [5.41, 5.74) is 0.502. The van der Waals surface area contributed by atoms with E-state index in [1.165, 1.54) is 18.1 Å². The third-order valence-electron chi connectivity index (χ3n) is 3.06. The van der Waals surface area contributed by atoms with E-state index in [2.05, 4.69) is 10.1 Å². The summed E-state index contributed by atoms with van der Waals surface area (Å²) >= 11 is 0. The Kier molecular flexibility index (Phi) is 7.28. The maximum Gasteiger partial charge on any atom is 0.317 e. The van der Waals surface area contributed by atoms with Crippen molar-refractivity contribution in [3.05, 3.63) is 35.4 Å². The molecule has 0 heterocycles. The van der Waals surface area contributed by atoms with Crippen molar-refractivity contribution in [2.24, 2.45) is 0 Å². The Labute approximate surface area is 128 Å². The van der Waals surface area contributed by atoms with Crippen LogP contribution < -0.4 is 5.32 Å². The van der Waals surface area contributed by atoms with Crippen molar-refractivity contribution in [2.45, 2.75) is 25.8 Å². The Morgan fingerprint density at radius 3 is 2.59 bits per heavy atom. The number of methoxy groups -OCH3 is 1. The van der Waals surface area contributed by atoms with Gasteiger partial charge in [0, 0.05) is 26.6 Å². The number of nitrogens with one attached hydrogen (secondary N) is 1. The highest BCUT2D eigenvalue weighted by Crippen LogP contribution is 2.10. The van der Waals surface area contributed by atoms with Crippen molar-refractivity contribution < 1.29 is 23.1 Å². The molecule has 7 heteroatoms. The third-order valence-corrected chi connectivity index (χ3v) is 3.06. The molecule has 0 atom stereocenters. The molecule has 1 aromatic rings. The highest BCUT2D eigenvalue weighted by molar-refractivity contribution is 5.73. The number of unbranched alkanes of at least 4 members (excludes halogenated alkanes) is 1. The van der Waals surface area contributed by atoms with E-state index in [-0.39, 0.29) is 18.5 Å². The van der Waals surface area contributed by atoms with Crippen molar-refractivity contribution in [3.8, 4) is 0 Å². The van der Waals surface area contributed by atoms with E-state index in [0.29, 0.717) is 31.4 Å². The van der Waals surface area contributed by atoms with Crippen LogP contribution in [0.1, 0.15) is 24.8 Å². The smallest absolute Gasteiger partial charge is 0.317 e. The topological polar surface area (TPSA) is 58.6 Å². The van der Waals surface area contributed by atoms with Gasteiger partial charge in [0.2, 0.25) is 0 Å². The van der Waals surface area contributed by atoms with Crippen molar-refractivity contribution in [3.63, 3.8) is 0 Å². The third kappa shape index (κ3) is 6.07. The van der Waals surface area contributed by atoms with Crippen LogP contribution in [0, 0.1) is 11.6 Å². The Morgan fingerprint density at radius 2 is 1.95 bits per heavy atom. The van der Waals surface area contributed by atoms with Crippen molar-refractivity contribution in [1.29, 1.82) is 0 Å². The number of benzene rings is 1. The maximum atomic E-state index is 13.1. The number of halogens is 2. The molecule has 0 radical (unpaired) electrons. The van der Waals surface area contributed by atoms with Gasteiger partial charge >= 0.3 is 12.0 Å². The number of carbonyl (C=O) groups excluding carboxylic acids is 2. The number of hydrogen-bond acceptors (Lipinski definition) is 3. The first-order valence-electron chi connectivity index (χ1n) is 6.93. The van der Waals surface area contributed by atoms with Gasteiger partial charge in [0.15, 0.2) is 11.6 Å². The minimum atomic E-state index is -0.936. The zero-order chi connectivity index (χ0) is 16.5. The van der Waals surface area contributed by atoms with E-state index in [4.69, 9.17) is 0 Å². The van der Waals surface area contributed by atoms with Crippen molar-refractivity contribution in [2.75, 3.05) is 20.7 Å². The van der Waals surface area contributed by atoms with Crippen LogP contribution in [0.25, 0.3) is 0 Å². The van der Waals surface area contributed by atoms with E-state index < -0.39 is 11.6 Å². The molecule has 2 amide bonds. The highest BCUT2D eigenvalue weighted by atomic mass is 19.2. The van der Waals surface area contributed by atoms with Gasteiger partial charge in [-0.3, -0.25) is 4.79 Å². The average Bonchev–Trinajstić information content (AvgIpc) is 2.50. The van der Waals surface area contributed by atoms with Gasteiger partial charge in [-0.1, -0.05) is 6.07 Å². The first-order valence-corrected chi connectivity index (χ1v) is 6.93. The van der Waals surface area contributed by atoms with Crippen LogP contribution in [-0.2, 0) is 16.1 Å². The fourth-order valence-corrected chi connectivity index (χ4v) is 1.81. The van der Waals surface area contributed by atoms with E-state index in [1.807, 2.05) is 0 Å². The van der Waals surface area contributed by atoms with Crippen LogP contribution in [-0.4, -0.2) is 37.6 Å². The highest BCUT2D eigenvalue weighted by Gasteiger charge is 2.10. The number of hydrogen-bond donors (Lipinski definition) is 1. The van der Waals surface area contributed by atoms with E-state index >= 15 is 0 Å². The maximum absolute atomic E-state index is 13.1. The summed E-state index contributed by atoms with van der Waals surface area (Å²) in [6.45, 7) is 0.600. The Balaban J connectivity index is 2.30. The van der Waals surface area contributed by atoms with E-state index in [9.17, 15) is 18.4 Å². The molecule has 22 heavy (non-hydrogen) atoms. The molecule has 122 valence electrons. The summed E-state index contributed by atoms with van der Waals surface area (Å²) in [6.07, 6.45) is 1.59. The average molecular weight is 314 g/mol. The Morgan fingerprint density at radius 1 is 1.23 bits per heavy atom. The summed E-state index contributed by atoms with van der Waals surface area (Å²) in [7, 11) is 2.89. The summed E-state index contributed by atoms with van der Waals surface area (Å²) in [5, 5.41) is 2.69. The van der Waals surface area contributed by atoms with Crippen LogP contribution >= 0.6 is 0 Å². The van der Waals surface area contributed by atoms with Gasteiger partial charge in [-0.25, -0.2) is 13.6 Å². The lowest BCUT2D eigenvalue weighted by Gasteiger charge is -2.18. The first-order chi connectivity index (χ1) is 10.4. The molecule has 0 bridgehead atoms. The lowest BCUT2D eigenvalue weighted by atomic mass is 10.2. The van der Waals surface area contributed by atoms with Crippen LogP contribution in [0.2, 0.25) is 0 Å². The first kappa shape index (κ1) is 17.9. The lowest BCUT2D eigenvalue weighted by molar-refractivity contribution is -0.140. The van der Waals surface area contributed by atoms with Gasteiger partial charge in [0.25, 0.3) is 0 Å². The van der Waals surface area contributed by atoms with Crippen molar-refractivity contribution >= 4 is 12.0 Å². The summed E-state index contributed by atoms with van der Waals surface area (Å²) in [5.74, 6) is -2.13. The molecule has 0 spiro atoms. The number of rotatable bonds is 7. The second-order valence-corrected chi connectivity index (χ2v) is 4.87. The fourth-order valence-electron chi connectivity index (χ4n) is 1.81. The molecule has 1 rings (SSSR count). The fraction of sp³-hybridized carbons (Fsp3) is 0.467. The molecule has 1 aromatic carbocycles. The number of amides is 2. The summed E-state index contributed by atoms with van der Waals surface area (Å²) in [4.78, 5) is 24.1. The van der Waals surface area contributed by atoms with Gasteiger partial charge in [0.1, 0.15) is 0 Å². The van der Waals surface area contributed by atoms with Crippen LogP contribution in [0.3, 0.4) is 0 Å². The number of carbonyl (C=O) groups is 2. The molecule has 0 saturated heterocycles. The normalized spacial score (nSPS) is 10.2. The molecule has 0 fully saturated rings. The molecule has 0 aliphatic carbocycles. The monoisotopic (exact) mass is 314 g/mol. The molecule has 0 aliphatic rings. The van der Waals surface area contributed by atoms with Crippen LogP contribution in [0.5, 0.6) is 0 Å². The Hall–Kier alpha value is -2.18. The van der Waals surface area contributed by atoms with Gasteiger partial charge < -0.3 is 15.0 Å². The minimum Gasteiger partial charge on any atom is -0.469 e. The molecule has 1 N–H and O–H groups in total. The number of ether oxygens (including phenoxy) is 1. The predicted octanol–water partition coefficient (Wildman–Crippen LogP) is 2.45. The van der Waals surface area contributed by atoms with Gasteiger partial charge in [0.05, 0.1) is 7.11 Å². The van der Waals surface area contributed by atoms with E-state index in [1.54, 1.807) is 7.05 Å². The van der Waals surface area contributed by atoms with Gasteiger partial charge in [-0.2, -0.15) is 0 Å². The van der Waals surface area contributed by atoms with Gasteiger partial charge in [-0.15, -0.1) is 0 Å². The zero-order valence-electron chi connectivity index (χ0n) is 12.7. The second kappa shape index (κ2) is 8.96. The lowest BCUT2D eigenvalue weighted by Crippen LogP contribution is -2.37. The molecular formula is C15H20F2N2O3. The molecule has 0 aliphatic heterocycles. The number of urea groups is 1. The number of esters is 1. The predicted molar refractivity (Wildman–Crippen MR) is 77.1 cm³/mol. The number of nitrogens with zero attached hydrogens (tertiary/aromatic N) is 1. The van der Waals surface area contributed by atoms with Crippen LogP contribution in [0.15, 0.2) is 18.2 Å². The molecule has 0 aromatic heterocycles. The van der Waals surface area contributed by atoms with Crippen LogP contribution in [0.4, 0.5) is 13.6 Å². The molecule has 5 nitrogen and oxygen atoms in total. The molecule has 0 saturated carbocycles.